The van der Waals surface area contributed by atoms with Crippen LogP contribution in [0.15, 0.2) is 24.3 Å². The first-order valence-electron chi connectivity index (χ1n) is 7.19. The van der Waals surface area contributed by atoms with Crippen LogP contribution in [0.1, 0.15) is 37.3 Å². The van der Waals surface area contributed by atoms with E-state index in [4.69, 9.17) is 11.0 Å². The van der Waals surface area contributed by atoms with Crippen LogP contribution in [-0.2, 0) is 15.8 Å². The van der Waals surface area contributed by atoms with Crippen LogP contribution in [0.5, 0.6) is 0 Å². The molecule has 0 bridgehead atoms. The summed E-state index contributed by atoms with van der Waals surface area (Å²) in [5.41, 5.74) is 6.91. The van der Waals surface area contributed by atoms with Crippen molar-refractivity contribution in [2.75, 3.05) is 6.54 Å². The van der Waals surface area contributed by atoms with Crippen LogP contribution in [0, 0.1) is 11.3 Å². The monoisotopic (exact) mass is 307 g/mol. The number of hydrogen-bond donors (Lipinski definition) is 1. The highest BCUT2D eigenvalue weighted by molar-refractivity contribution is 7.88. The molecule has 0 saturated carbocycles. The van der Waals surface area contributed by atoms with Crippen LogP contribution in [0.4, 0.5) is 0 Å². The van der Waals surface area contributed by atoms with E-state index in [0.717, 1.165) is 19.3 Å². The third-order valence-corrected chi connectivity index (χ3v) is 5.78. The molecule has 2 rings (SSSR count). The molecule has 0 aromatic heterocycles. The third-order valence-electron chi connectivity index (χ3n) is 3.94. The summed E-state index contributed by atoms with van der Waals surface area (Å²) in [5.74, 6) is -0.139. The maximum absolute atomic E-state index is 12.7. The molecule has 1 aliphatic rings. The molecule has 2 unspecified atom stereocenters. The van der Waals surface area contributed by atoms with Gasteiger partial charge in [-0.1, -0.05) is 24.6 Å². The van der Waals surface area contributed by atoms with Gasteiger partial charge < -0.3 is 5.73 Å². The molecule has 0 radical (unpaired) electrons. The molecule has 2 atom stereocenters. The van der Waals surface area contributed by atoms with Gasteiger partial charge in [-0.3, -0.25) is 0 Å². The molecule has 0 aliphatic carbocycles. The Morgan fingerprint density at radius 2 is 2.14 bits per heavy atom. The molecule has 1 aliphatic heterocycles. The van der Waals surface area contributed by atoms with E-state index in [9.17, 15) is 8.42 Å². The Labute approximate surface area is 126 Å². The lowest BCUT2D eigenvalue weighted by atomic mass is 10.00. The molecule has 5 nitrogen and oxygen atoms in total. The summed E-state index contributed by atoms with van der Waals surface area (Å²) in [4.78, 5) is 0. The van der Waals surface area contributed by atoms with E-state index in [1.165, 1.54) is 4.31 Å². The van der Waals surface area contributed by atoms with E-state index in [1.807, 2.05) is 13.0 Å². The molecule has 1 aromatic carbocycles. The van der Waals surface area contributed by atoms with Gasteiger partial charge in [0.1, 0.15) is 0 Å². The lowest BCUT2D eigenvalue weighted by Gasteiger charge is -2.37. The lowest BCUT2D eigenvalue weighted by molar-refractivity contribution is 0.227. The second-order valence-corrected chi connectivity index (χ2v) is 7.48. The molecule has 21 heavy (non-hydrogen) atoms. The van der Waals surface area contributed by atoms with Crippen molar-refractivity contribution in [2.24, 2.45) is 5.73 Å². The summed E-state index contributed by atoms with van der Waals surface area (Å²) in [6.45, 7) is 2.37. The summed E-state index contributed by atoms with van der Waals surface area (Å²) in [5, 5.41) is 9.09. The van der Waals surface area contributed by atoms with E-state index in [1.54, 1.807) is 24.3 Å². The Bertz CT molecular complexity index is 635. The first-order valence-corrected chi connectivity index (χ1v) is 8.79. The zero-order valence-corrected chi connectivity index (χ0v) is 13.0. The van der Waals surface area contributed by atoms with Gasteiger partial charge in [0.2, 0.25) is 10.0 Å². The van der Waals surface area contributed by atoms with Crippen molar-refractivity contribution in [1.82, 2.24) is 4.31 Å². The summed E-state index contributed by atoms with van der Waals surface area (Å²) >= 11 is 0. The van der Waals surface area contributed by atoms with E-state index in [0.29, 0.717) is 17.7 Å². The van der Waals surface area contributed by atoms with Crippen LogP contribution in [0.3, 0.4) is 0 Å². The standard InChI is InChI=1S/C15H21N3O2S/c1-12(17)15-8-4-5-9-18(15)21(19,20)11-14-7-3-2-6-13(14)10-16/h2-3,6-7,12,15H,4-5,8-9,11,17H2,1H3. The number of piperidine rings is 1. The summed E-state index contributed by atoms with van der Waals surface area (Å²) in [6.07, 6.45) is 2.67. The van der Waals surface area contributed by atoms with Gasteiger partial charge in [0, 0.05) is 18.6 Å². The van der Waals surface area contributed by atoms with Crippen molar-refractivity contribution in [3.05, 3.63) is 35.4 Å². The lowest BCUT2D eigenvalue weighted by Crippen LogP contribution is -2.51. The first-order chi connectivity index (χ1) is 9.95. The number of nitriles is 1. The van der Waals surface area contributed by atoms with Crippen LogP contribution in [0.2, 0.25) is 0 Å². The maximum atomic E-state index is 12.7. The fraction of sp³-hybridized carbons (Fsp3) is 0.533. The fourth-order valence-electron chi connectivity index (χ4n) is 2.84. The van der Waals surface area contributed by atoms with Gasteiger partial charge in [0.25, 0.3) is 0 Å². The van der Waals surface area contributed by atoms with Crippen LogP contribution in [0.25, 0.3) is 0 Å². The van der Waals surface area contributed by atoms with Gasteiger partial charge in [-0.2, -0.15) is 9.57 Å². The number of hydrogen-bond acceptors (Lipinski definition) is 4. The van der Waals surface area contributed by atoms with E-state index < -0.39 is 10.0 Å². The van der Waals surface area contributed by atoms with Crippen molar-refractivity contribution in [3.8, 4) is 6.07 Å². The second-order valence-electron chi connectivity index (χ2n) is 5.56. The normalized spacial score (nSPS) is 21.7. The average Bonchev–Trinajstić information content (AvgIpc) is 2.47. The van der Waals surface area contributed by atoms with Gasteiger partial charge in [0.15, 0.2) is 0 Å². The molecule has 0 spiro atoms. The van der Waals surface area contributed by atoms with E-state index >= 15 is 0 Å². The van der Waals surface area contributed by atoms with Crippen LogP contribution >= 0.6 is 0 Å². The fourth-order valence-corrected chi connectivity index (χ4v) is 4.76. The van der Waals surface area contributed by atoms with Gasteiger partial charge in [-0.05, 0) is 31.4 Å². The Morgan fingerprint density at radius 1 is 1.43 bits per heavy atom. The van der Waals surface area contributed by atoms with Crippen molar-refractivity contribution in [3.63, 3.8) is 0 Å². The Hall–Kier alpha value is -1.42. The van der Waals surface area contributed by atoms with Crippen LogP contribution in [-0.4, -0.2) is 31.4 Å². The van der Waals surface area contributed by atoms with E-state index in [2.05, 4.69) is 0 Å². The van der Waals surface area contributed by atoms with Crippen LogP contribution < -0.4 is 5.73 Å². The number of nitrogens with zero attached hydrogens (tertiary/aromatic N) is 2. The largest absolute Gasteiger partial charge is 0.326 e. The molecule has 2 N–H and O–H groups in total. The van der Waals surface area contributed by atoms with Crippen molar-refractivity contribution >= 4 is 10.0 Å². The van der Waals surface area contributed by atoms with Gasteiger partial charge >= 0.3 is 0 Å². The molecular formula is C15H21N3O2S. The molecule has 1 aromatic rings. The van der Waals surface area contributed by atoms with Gasteiger partial charge in [0.05, 0.1) is 17.4 Å². The zero-order valence-electron chi connectivity index (χ0n) is 12.2. The highest BCUT2D eigenvalue weighted by Crippen LogP contribution is 2.25. The maximum Gasteiger partial charge on any atom is 0.218 e. The smallest absolute Gasteiger partial charge is 0.218 e. The average molecular weight is 307 g/mol. The zero-order chi connectivity index (χ0) is 15.5. The summed E-state index contributed by atoms with van der Waals surface area (Å²) in [7, 11) is -3.46. The Morgan fingerprint density at radius 3 is 2.81 bits per heavy atom. The molecular weight excluding hydrogens is 286 g/mol. The number of sulfonamides is 1. The summed E-state index contributed by atoms with van der Waals surface area (Å²) < 4.78 is 26.9. The topological polar surface area (TPSA) is 87.2 Å². The molecule has 1 fully saturated rings. The van der Waals surface area contributed by atoms with Gasteiger partial charge in [-0.25, -0.2) is 8.42 Å². The highest BCUT2D eigenvalue weighted by atomic mass is 32.2. The second kappa shape index (κ2) is 6.56. The quantitative estimate of drug-likeness (QED) is 0.915. The molecule has 1 saturated heterocycles. The molecule has 114 valence electrons. The predicted octanol–water partition coefficient (Wildman–Crippen LogP) is 1.59. The van der Waals surface area contributed by atoms with E-state index in [-0.39, 0.29) is 17.8 Å². The van der Waals surface area contributed by atoms with Crippen molar-refractivity contribution < 1.29 is 8.42 Å². The predicted molar refractivity (Wildman–Crippen MR) is 81.8 cm³/mol. The number of rotatable bonds is 4. The molecule has 0 amide bonds. The number of benzene rings is 1. The Kier molecular flexibility index (Phi) is 4.99. The third kappa shape index (κ3) is 3.62. The molecule has 1 heterocycles. The minimum absolute atomic E-state index is 0.139. The van der Waals surface area contributed by atoms with Crippen molar-refractivity contribution in [2.45, 2.75) is 44.0 Å². The Balaban J connectivity index is 2.27. The van der Waals surface area contributed by atoms with Gasteiger partial charge in [-0.15, -0.1) is 0 Å². The minimum atomic E-state index is -3.46. The SMILES string of the molecule is CC(N)C1CCCCN1S(=O)(=O)Cc1ccccc1C#N. The molecule has 6 heteroatoms. The minimum Gasteiger partial charge on any atom is -0.326 e. The first kappa shape index (κ1) is 16.0. The highest BCUT2D eigenvalue weighted by Gasteiger charge is 2.34. The number of nitrogens with two attached hydrogens (primary N) is 1. The summed E-state index contributed by atoms with van der Waals surface area (Å²) in [6, 6.07) is 8.55. The van der Waals surface area contributed by atoms with Crippen molar-refractivity contribution in [1.29, 1.82) is 5.26 Å².